The Labute approximate surface area is 330 Å². The Hall–Kier alpha value is -7.42. The van der Waals surface area contributed by atoms with Crippen molar-refractivity contribution in [3.8, 4) is 33.4 Å². The summed E-state index contributed by atoms with van der Waals surface area (Å²) in [7, 11) is 0. The Bertz CT molecular complexity index is 3470. The van der Waals surface area contributed by atoms with Crippen molar-refractivity contribution in [1.29, 1.82) is 0 Å². The molecule has 11 aromatic rings. The molecule has 0 saturated heterocycles. The monoisotopic (exact) mass is 717 g/mol. The summed E-state index contributed by atoms with van der Waals surface area (Å²) in [6.45, 7) is 0. The number of para-hydroxylation sites is 2. The second-order valence-corrected chi connectivity index (χ2v) is 14.2. The Kier molecular flexibility index (Phi) is 6.60. The number of anilines is 3. The highest BCUT2D eigenvalue weighted by Gasteiger charge is 2.20. The van der Waals surface area contributed by atoms with Crippen LogP contribution in [0.15, 0.2) is 217 Å². The lowest BCUT2D eigenvalue weighted by Gasteiger charge is -2.28. The number of furan rings is 1. The van der Waals surface area contributed by atoms with E-state index in [1.807, 2.05) is 114 Å². The Morgan fingerprint density at radius 3 is 1.66 bits per heavy atom. The van der Waals surface area contributed by atoms with Gasteiger partial charge in [0.1, 0.15) is 11.2 Å². The van der Waals surface area contributed by atoms with Crippen LogP contribution in [0.1, 0.15) is 5.48 Å². The lowest BCUT2D eigenvalue weighted by molar-refractivity contribution is 0.672. The minimum atomic E-state index is -0.130. The molecule has 1 heterocycles. The van der Waals surface area contributed by atoms with Crippen LogP contribution < -0.4 is 4.90 Å². The van der Waals surface area contributed by atoms with Gasteiger partial charge in [0.15, 0.2) is 0 Å². The van der Waals surface area contributed by atoms with Crippen LogP contribution in [0.25, 0.3) is 87.6 Å². The summed E-state index contributed by atoms with van der Waals surface area (Å²) in [5.74, 6) is 0. The van der Waals surface area contributed by atoms with Crippen molar-refractivity contribution in [2.24, 2.45) is 0 Å². The molecule has 0 aliphatic rings. The zero-order chi connectivity index (χ0) is 40.5. The third-order valence-corrected chi connectivity index (χ3v) is 10.9. The van der Waals surface area contributed by atoms with E-state index in [0.717, 1.165) is 71.1 Å². The lowest BCUT2D eigenvalue weighted by atomic mass is 9.94. The molecule has 2 heteroatoms. The second kappa shape index (κ2) is 13.2. The van der Waals surface area contributed by atoms with Crippen molar-refractivity contribution < 1.29 is 9.90 Å². The minimum Gasteiger partial charge on any atom is -0.455 e. The lowest BCUT2D eigenvalue weighted by Crippen LogP contribution is -2.11. The predicted molar refractivity (Wildman–Crippen MR) is 237 cm³/mol. The SMILES string of the molecule is [2H]c1c([2H])c(N(c2ccc(-c3ccc4ccccc4c3)cc2)c2ccccc2-c2cccc3c2ccc2c4ccccc4oc32)c([2H])c([2H])c1-c1ccc2ccccc2c1. The number of hydrogen-bond donors (Lipinski definition) is 0. The molecular weight excluding hydrogens is 679 g/mol. The van der Waals surface area contributed by atoms with E-state index in [-0.39, 0.29) is 35.4 Å². The molecule has 262 valence electrons. The summed E-state index contributed by atoms with van der Waals surface area (Å²) in [5.41, 5.74) is 8.05. The zero-order valence-electron chi connectivity index (χ0n) is 34.3. The van der Waals surface area contributed by atoms with E-state index in [1.54, 1.807) is 0 Å². The number of benzene rings is 10. The predicted octanol–water partition coefficient (Wildman–Crippen LogP) is 15.5. The maximum atomic E-state index is 9.67. The normalized spacial score (nSPS) is 12.6. The van der Waals surface area contributed by atoms with Gasteiger partial charge in [-0.3, -0.25) is 0 Å². The molecule has 0 spiro atoms. The second-order valence-electron chi connectivity index (χ2n) is 14.2. The van der Waals surface area contributed by atoms with Gasteiger partial charge in [-0.25, -0.2) is 0 Å². The minimum absolute atomic E-state index is 0.103. The summed E-state index contributed by atoms with van der Waals surface area (Å²) < 4.78 is 44.8. The van der Waals surface area contributed by atoms with Crippen LogP contribution in [-0.2, 0) is 0 Å². The summed E-state index contributed by atoms with van der Waals surface area (Å²) in [6.07, 6.45) is 0. The van der Waals surface area contributed by atoms with Gasteiger partial charge in [-0.15, -0.1) is 0 Å². The number of rotatable bonds is 6. The van der Waals surface area contributed by atoms with Crippen LogP contribution in [0.2, 0.25) is 0 Å². The third kappa shape index (κ3) is 5.42. The van der Waals surface area contributed by atoms with Gasteiger partial charge in [0.2, 0.25) is 0 Å². The van der Waals surface area contributed by atoms with E-state index in [9.17, 15) is 5.48 Å². The first-order valence-electron chi connectivity index (χ1n) is 20.8. The Balaban J connectivity index is 1.13. The largest absolute Gasteiger partial charge is 0.455 e. The number of nitrogens with zero attached hydrogens (tertiary/aromatic N) is 1. The Morgan fingerprint density at radius 1 is 0.357 bits per heavy atom. The fourth-order valence-electron chi connectivity index (χ4n) is 8.14. The van der Waals surface area contributed by atoms with Crippen molar-refractivity contribution in [1.82, 2.24) is 0 Å². The first-order valence-corrected chi connectivity index (χ1v) is 18.8. The topological polar surface area (TPSA) is 16.4 Å². The van der Waals surface area contributed by atoms with E-state index in [2.05, 4.69) is 78.9 Å². The smallest absolute Gasteiger partial charge is 0.143 e. The molecule has 0 bridgehead atoms. The van der Waals surface area contributed by atoms with Crippen molar-refractivity contribution in [3.63, 3.8) is 0 Å². The molecule has 0 atom stereocenters. The Morgan fingerprint density at radius 2 is 0.911 bits per heavy atom. The van der Waals surface area contributed by atoms with Gasteiger partial charge in [-0.05, 0) is 109 Å². The molecule has 2 nitrogen and oxygen atoms in total. The van der Waals surface area contributed by atoms with E-state index >= 15 is 0 Å². The van der Waals surface area contributed by atoms with Gasteiger partial charge in [0, 0.05) is 33.1 Å². The van der Waals surface area contributed by atoms with Gasteiger partial charge >= 0.3 is 0 Å². The standard InChI is InChI=1S/C54H35NO/c1-3-12-40-34-42(22-20-36(40)10-1)38-24-28-44(29-25-38)55(45-30-26-39(27-31-45)43-23-21-37-11-2-4-13-41(37)35-43)52-18-7-5-14-48(52)46-16-9-17-50-47(46)32-33-51-49-15-6-8-19-53(49)56-54(50)51/h1-35H/i24D,25D,28D,29D. The van der Waals surface area contributed by atoms with Gasteiger partial charge in [-0.1, -0.05) is 158 Å². The van der Waals surface area contributed by atoms with Crippen LogP contribution in [0.3, 0.4) is 0 Å². The summed E-state index contributed by atoms with van der Waals surface area (Å²) >= 11 is 0. The molecule has 1 aromatic heterocycles. The van der Waals surface area contributed by atoms with Crippen LogP contribution in [-0.4, -0.2) is 0 Å². The van der Waals surface area contributed by atoms with Gasteiger partial charge in [0.05, 0.1) is 11.2 Å². The van der Waals surface area contributed by atoms with Crippen LogP contribution in [0.5, 0.6) is 0 Å². The third-order valence-electron chi connectivity index (χ3n) is 10.9. The van der Waals surface area contributed by atoms with Crippen LogP contribution in [0, 0.1) is 0 Å². The van der Waals surface area contributed by atoms with Crippen LogP contribution >= 0.6 is 0 Å². The molecule has 0 N–H and O–H groups in total. The van der Waals surface area contributed by atoms with Crippen molar-refractivity contribution in [3.05, 3.63) is 212 Å². The van der Waals surface area contributed by atoms with Crippen molar-refractivity contribution in [2.45, 2.75) is 0 Å². The summed E-state index contributed by atoms with van der Waals surface area (Å²) in [5, 5.41) is 8.41. The highest BCUT2D eigenvalue weighted by atomic mass is 16.3. The van der Waals surface area contributed by atoms with Crippen molar-refractivity contribution >= 4 is 71.3 Å². The average molecular weight is 718 g/mol. The first kappa shape index (κ1) is 28.1. The van der Waals surface area contributed by atoms with Gasteiger partial charge in [0.25, 0.3) is 0 Å². The van der Waals surface area contributed by atoms with Crippen LogP contribution in [0.4, 0.5) is 17.1 Å². The van der Waals surface area contributed by atoms with E-state index < -0.39 is 0 Å². The van der Waals surface area contributed by atoms with E-state index in [0.29, 0.717) is 16.9 Å². The molecular formula is C54H35NO. The van der Waals surface area contributed by atoms with Gasteiger partial charge < -0.3 is 9.32 Å². The molecule has 0 amide bonds. The maximum absolute atomic E-state index is 9.67. The average Bonchev–Trinajstić information content (AvgIpc) is 3.69. The quantitative estimate of drug-likeness (QED) is 0.170. The van der Waals surface area contributed by atoms with E-state index in [4.69, 9.17) is 4.42 Å². The van der Waals surface area contributed by atoms with Gasteiger partial charge in [-0.2, -0.15) is 0 Å². The molecule has 0 aliphatic carbocycles. The number of hydrogen-bond acceptors (Lipinski definition) is 2. The maximum Gasteiger partial charge on any atom is 0.143 e. The molecule has 11 rings (SSSR count). The zero-order valence-corrected chi connectivity index (χ0v) is 30.3. The molecule has 10 aromatic carbocycles. The van der Waals surface area contributed by atoms with Crippen molar-refractivity contribution in [2.75, 3.05) is 4.90 Å². The molecule has 0 fully saturated rings. The highest BCUT2D eigenvalue weighted by molar-refractivity contribution is 6.18. The van der Waals surface area contributed by atoms with E-state index in [1.165, 1.54) is 5.39 Å². The fourth-order valence-corrected chi connectivity index (χ4v) is 8.14. The fraction of sp³-hybridized carbons (Fsp3) is 0. The summed E-state index contributed by atoms with van der Waals surface area (Å²) in [6, 6.07) is 62.7. The highest BCUT2D eigenvalue weighted by Crippen LogP contribution is 2.45. The molecule has 0 unspecified atom stereocenters. The molecule has 0 saturated carbocycles. The molecule has 56 heavy (non-hydrogen) atoms. The summed E-state index contributed by atoms with van der Waals surface area (Å²) in [4.78, 5) is 1.89. The number of fused-ring (bicyclic) bond motifs is 7. The molecule has 0 aliphatic heterocycles. The molecule has 0 radical (unpaired) electrons. The first-order chi connectivity index (χ1) is 29.4.